The van der Waals surface area contributed by atoms with Gasteiger partial charge in [0.05, 0.1) is 0 Å². The van der Waals surface area contributed by atoms with Crippen LogP contribution in [0.2, 0.25) is 5.15 Å². The molecule has 0 amide bonds. The van der Waals surface area contributed by atoms with Crippen molar-refractivity contribution >= 4 is 22.6 Å². The van der Waals surface area contributed by atoms with Crippen LogP contribution in [0.1, 0.15) is 0 Å². The molecular weight excluding hydrogens is 262 g/mol. The first-order valence-electron chi connectivity index (χ1n) is 4.97. The van der Waals surface area contributed by atoms with Gasteiger partial charge in [0.25, 0.3) is 0 Å². The minimum absolute atomic E-state index is 0.126. The van der Waals surface area contributed by atoms with Crippen LogP contribution in [0, 0.1) is 11.6 Å². The standard InChI is InChI=1S/C11H5ClF2N4/c12-10-9-8(4-15-18-9)16-11(17-10)5-1-6(13)3-7(14)2-5/h1-4H,(H,15,18). The van der Waals surface area contributed by atoms with Crippen molar-refractivity contribution in [2.45, 2.75) is 0 Å². The van der Waals surface area contributed by atoms with Crippen LogP contribution in [0.15, 0.2) is 24.4 Å². The Balaban J connectivity index is 2.24. The summed E-state index contributed by atoms with van der Waals surface area (Å²) in [4.78, 5) is 8.09. The molecule has 7 heteroatoms. The highest BCUT2D eigenvalue weighted by atomic mass is 35.5. The van der Waals surface area contributed by atoms with Crippen LogP contribution in [0.5, 0.6) is 0 Å². The third kappa shape index (κ3) is 1.80. The van der Waals surface area contributed by atoms with Crippen molar-refractivity contribution in [2.24, 2.45) is 0 Å². The second kappa shape index (κ2) is 3.99. The Morgan fingerprint density at radius 2 is 1.78 bits per heavy atom. The maximum atomic E-state index is 13.1. The van der Waals surface area contributed by atoms with Crippen molar-refractivity contribution in [1.29, 1.82) is 0 Å². The van der Waals surface area contributed by atoms with E-state index in [1.807, 2.05) is 0 Å². The van der Waals surface area contributed by atoms with Gasteiger partial charge in [0.2, 0.25) is 0 Å². The largest absolute Gasteiger partial charge is 0.283 e. The normalized spacial score (nSPS) is 11.1. The fraction of sp³-hybridized carbons (Fsp3) is 0. The molecule has 0 atom stereocenters. The molecule has 0 aliphatic rings. The van der Waals surface area contributed by atoms with Crippen molar-refractivity contribution in [3.8, 4) is 11.4 Å². The zero-order valence-corrected chi connectivity index (χ0v) is 9.54. The van der Waals surface area contributed by atoms with Gasteiger partial charge in [-0.15, -0.1) is 0 Å². The molecule has 18 heavy (non-hydrogen) atoms. The summed E-state index contributed by atoms with van der Waals surface area (Å²) in [6.45, 7) is 0. The third-order valence-corrected chi connectivity index (χ3v) is 2.63. The molecule has 1 N–H and O–H groups in total. The predicted molar refractivity (Wildman–Crippen MR) is 62.0 cm³/mol. The number of nitrogens with one attached hydrogen (secondary N) is 1. The second-order valence-electron chi connectivity index (χ2n) is 3.62. The number of nitrogens with zero attached hydrogens (tertiary/aromatic N) is 3. The van der Waals surface area contributed by atoms with E-state index in [1.54, 1.807) is 0 Å². The number of aromatic nitrogens is 4. The van der Waals surface area contributed by atoms with Crippen LogP contribution in [-0.4, -0.2) is 20.2 Å². The van der Waals surface area contributed by atoms with Crippen LogP contribution in [0.4, 0.5) is 8.78 Å². The van der Waals surface area contributed by atoms with Crippen molar-refractivity contribution < 1.29 is 8.78 Å². The average molecular weight is 267 g/mol. The van der Waals surface area contributed by atoms with Gasteiger partial charge in [-0.25, -0.2) is 18.7 Å². The Bertz CT molecular complexity index is 721. The minimum atomic E-state index is -0.697. The second-order valence-corrected chi connectivity index (χ2v) is 3.97. The van der Waals surface area contributed by atoms with Crippen molar-refractivity contribution in [3.63, 3.8) is 0 Å². The van der Waals surface area contributed by atoms with E-state index in [1.165, 1.54) is 6.20 Å². The first-order chi connectivity index (χ1) is 8.63. The molecule has 0 bridgehead atoms. The average Bonchev–Trinajstić information content (AvgIpc) is 2.76. The maximum Gasteiger partial charge on any atom is 0.161 e. The van der Waals surface area contributed by atoms with Gasteiger partial charge >= 0.3 is 0 Å². The number of hydrogen-bond donors (Lipinski definition) is 1. The number of hydrogen-bond acceptors (Lipinski definition) is 3. The predicted octanol–water partition coefficient (Wildman–Crippen LogP) is 2.95. The highest BCUT2D eigenvalue weighted by Gasteiger charge is 2.11. The number of benzene rings is 1. The van der Waals surface area contributed by atoms with Gasteiger partial charge in [0.1, 0.15) is 22.7 Å². The van der Waals surface area contributed by atoms with E-state index in [0.29, 0.717) is 11.0 Å². The summed E-state index contributed by atoms with van der Waals surface area (Å²) in [6, 6.07) is 3.06. The van der Waals surface area contributed by atoms with Gasteiger partial charge < -0.3 is 0 Å². The molecule has 2 aromatic heterocycles. The summed E-state index contributed by atoms with van der Waals surface area (Å²) in [6.07, 6.45) is 1.53. The van der Waals surface area contributed by atoms with Gasteiger partial charge in [0, 0.05) is 17.8 Å². The first kappa shape index (κ1) is 11.0. The molecule has 0 fully saturated rings. The fourth-order valence-electron chi connectivity index (χ4n) is 1.62. The molecule has 90 valence electrons. The molecule has 3 rings (SSSR count). The quantitative estimate of drug-likeness (QED) is 0.689. The third-order valence-electron chi connectivity index (χ3n) is 2.37. The first-order valence-corrected chi connectivity index (χ1v) is 5.35. The molecule has 0 radical (unpaired) electrons. The molecular formula is C11H5ClF2N4. The molecule has 0 saturated carbocycles. The van der Waals surface area contributed by atoms with Crippen LogP contribution < -0.4 is 0 Å². The molecule has 4 nitrogen and oxygen atoms in total. The van der Waals surface area contributed by atoms with Crippen molar-refractivity contribution in [3.05, 3.63) is 41.2 Å². The van der Waals surface area contributed by atoms with Crippen LogP contribution in [0.25, 0.3) is 22.4 Å². The van der Waals surface area contributed by atoms with Crippen molar-refractivity contribution in [1.82, 2.24) is 20.2 Å². The number of halogens is 3. The molecule has 3 aromatic rings. The molecule has 0 saturated heterocycles. The van der Waals surface area contributed by atoms with Crippen LogP contribution in [0.3, 0.4) is 0 Å². The van der Waals surface area contributed by atoms with Crippen molar-refractivity contribution in [2.75, 3.05) is 0 Å². The van der Waals surface area contributed by atoms with E-state index in [2.05, 4.69) is 20.2 Å². The van der Waals surface area contributed by atoms with Crippen LogP contribution in [-0.2, 0) is 0 Å². The Morgan fingerprint density at radius 1 is 1.06 bits per heavy atom. The number of rotatable bonds is 1. The highest BCUT2D eigenvalue weighted by Crippen LogP contribution is 2.24. The molecule has 2 heterocycles. The molecule has 1 aromatic carbocycles. The SMILES string of the molecule is Fc1cc(F)cc(-c2nc(Cl)c3n[nH]cc3n2)c1. The Labute approximate surface area is 105 Å². The topological polar surface area (TPSA) is 54.5 Å². The van der Waals surface area contributed by atoms with E-state index < -0.39 is 11.6 Å². The summed E-state index contributed by atoms with van der Waals surface area (Å²) < 4.78 is 26.2. The van der Waals surface area contributed by atoms with Gasteiger partial charge in [-0.1, -0.05) is 11.6 Å². The fourth-order valence-corrected chi connectivity index (χ4v) is 1.84. The smallest absolute Gasteiger partial charge is 0.161 e. The molecule has 0 aliphatic carbocycles. The molecule has 0 unspecified atom stereocenters. The Kier molecular flexibility index (Phi) is 2.45. The van der Waals surface area contributed by atoms with Gasteiger partial charge in [-0.05, 0) is 12.1 Å². The lowest BCUT2D eigenvalue weighted by Crippen LogP contribution is -1.92. The minimum Gasteiger partial charge on any atom is -0.283 e. The molecule has 0 spiro atoms. The number of fused-ring (bicyclic) bond motifs is 1. The highest BCUT2D eigenvalue weighted by molar-refractivity contribution is 6.33. The summed E-state index contributed by atoms with van der Waals surface area (Å²) in [5, 5.41) is 6.58. The van der Waals surface area contributed by atoms with E-state index in [9.17, 15) is 8.78 Å². The lowest BCUT2D eigenvalue weighted by atomic mass is 10.2. The maximum absolute atomic E-state index is 13.1. The number of aromatic amines is 1. The van der Waals surface area contributed by atoms with E-state index in [4.69, 9.17) is 11.6 Å². The summed E-state index contributed by atoms with van der Waals surface area (Å²) in [5.41, 5.74) is 1.12. The zero-order valence-electron chi connectivity index (χ0n) is 8.78. The van der Waals surface area contributed by atoms with E-state index >= 15 is 0 Å². The van der Waals surface area contributed by atoms with E-state index in [0.717, 1.165) is 18.2 Å². The van der Waals surface area contributed by atoms with Gasteiger partial charge in [-0.3, -0.25) is 5.10 Å². The number of H-pyrrole nitrogens is 1. The van der Waals surface area contributed by atoms with Crippen LogP contribution >= 0.6 is 11.6 Å². The van der Waals surface area contributed by atoms with Gasteiger partial charge in [-0.2, -0.15) is 5.10 Å². The summed E-state index contributed by atoms with van der Waals surface area (Å²) in [7, 11) is 0. The monoisotopic (exact) mass is 266 g/mol. The lowest BCUT2D eigenvalue weighted by molar-refractivity contribution is 0.584. The zero-order chi connectivity index (χ0) is 12.7. The van der Waals surface area contributed by atoms with E-state index in [-0.39, 0.29) is 16.5 Å². The molecule has 0 aliphatic heterocycles. The van der Waals surface area contributed by atoms with Gasteiger partial charge in [0.15, 0.2) is 11.0 Å². The Morgan fingerprint density at radius 3 is 2.50 bits per heavy atom. The summed E-state index contributed by atoms with van der Waals surface area (Å²) in [5.74, 6) is -1.25. The lowest BCUT2D eigenvalue weighted by Gasteiger charge is -2.02. The summed E-state index contributed by atoms with van der Waals surface area (Å²) >= 11 is 5.91. The Hall–Kier alpha value is -2.08.